The van der Waals surface area contributed by atoms with Gasteiger partial charge >= 0.3 is 0 Å². The molecule has 2 rings (SSSR count). The van der Waals surface area contributed by atoms with E-state index in [0.29, 0.717) is 5.69 Å². The molecule has 0 aliphatic carbocycles. The normalized spacial score (nSPS) is 10.9. The number of nitrogens with zero attached hydrogens (tertiary/aromatic N) is 3. The van der Waals surface area contributed by atoms with Gasteiger partial charge in [-0.05, 0) is 51.1 Å². The lowest BCUT2D eigenvalue weighted by Crippen LogP contribution is -2.22. The van der Waals surface area contributed by atoms with Crippen LogP contribution in [0.15, 0.2) is 30.3 Å². The molecule has 6 nitrogen and oxygen atoms in total. The number of aromatic nitrogens is 2. The molecular formula is C19H24N4O2. The van der Waals surface area contributed by atoms with Crippen molar-refractivity contribution in [3.05, 3.63) is 47.3 Å². The Kier molecular flexibility index (Phi) is 5.75. The van der Waals surface area contributed by atoms with Gasteiger partial charge in [-0.3, -0.25) is 14.3 Å². The minimum atomic E-state index is -0.212. The number of rotatable bonds is 5. The first-order valence-electron chi connectivity index (χ1n) is 8.21. The van der Waals surface area contributed by atoms with Gasteiger partial charge in [0.25, 0.3) is 0 Å². The summed E-state index contributed by atoms with van der Waals surface area (Å²) >= 11 is 0. The summed E-state index contributed by atoms with van der Waals surface area (Å²) in [6.45, 7) is 8.26. The quantitative estimate of drug-likeness (QED) is 0.850. The van der Waals surface area contributed by atoms with Gasteiger partial charge in [-0.25, -0.2) is 0 Å². The van der Waals surface area contributed by atoms with E-state index in [4.69, 9.17) is 0 Å². The monoisotopic (exact) mass is 340 g/mol. The number of anilines is 2. The first-order valence-corrected chi connectivity index (χ1v) is 8.21. The first kappa shape index (κ1) is 18.4. The van der Waals surface area contributed by atoms with Gasteiger partial charge in [-0.2, -0.15) is 5.10 Å². The molecule has 25 heavy (non-hydrogen) atoms. The summed E-state index contributed by atoms with van der Waals surface area (Å²) in [5.74, 6) is -0.256. The lowest BCUT2D eigenvalue weighted by molar-refractivity contribution is -0.116. The molecule has 0 aliphatic heterocycles. The summed E-state index contributed by atoms with van der Waals surface area (Å²) in [7, 11) is 1.71. The highest BCUT2D eigenvalue weighted by molar-refractivity contribution is 6.02. The van der Waals surface area contributed by atoms with Gasteiger partial charge in [0.1, 0.15) is 0 Å². The number of carbonyl (C=O) groups is 2. The number of amides is 2. The highest BCUT2D eigenvalue weighted by atomic mass is 16.2. The Morgan fingerprint density at radius 3 is 2.40 bits per heavy atom. The zero-order chi connectivity index (χ0) is 18.6. The molecule has 0 fully saturated rings. The molecule has 0 atom stereocenters. The predicted octanol–water partition coefficient (Wildman–Crippen LogP) is 3.15. The van der Waals surface area contributed by atoms with E-state index in [1.165, 1.54) is 13.0 Å². The van der Waals surface area contributed by atoms with Gasteiger partial charge in [0.05, 0.1) is 5.69 Å². The maximum absolute atomic E-state index is 12.1. The van der Waals surface area contributed by atoms with Crippen molar-refractivity contribution in [2.24, 2.45) is 0 Å². The summed E-state index contributed by atoms with van der Waals surface area (Å²) in [6, 6.07) is 7.12. The average molecular weight is 340 g/mol. The molecule has 0 saturated heterocycles. The standard InChI is InChI=1S/C19H24N4O2/c1-6-23-14(3)18(13(2)21-23)11-12-19(25)20-16-7-9-17(10-8-16)22(5)15(4)24/h7-12H,6H2,1-5H3,(H,20,25)/b12-11+. The fourth-order valence-electron chi connectivity index (χ4n) is 2.55. The SMILES string of the molecule is CCn1nc(C)c(/C=C/C(=O)Nc2ccc(N(C)C(C)=O)cc2)c1C. The first-order chi connectivity index (χ1) is 11.8. The van der Waals surface area contributed by atoms with Crippen molar-refractivity contribution < 1.29 is 9.59 Å². The van der Waals surface area contributed by atoms with E-state index in [9.17, 15) is 9.59 Å². The fourth-order valence-corrected chi connectivity index (χ4v) is 2.55. The molecule has 1 aromatic heterocycles. The molecule has 0 saturated carbocycles. The Bertz CT molecular complexity index is 804. The van der Waals surface area contributed by atoms with Gasteiger partial charge in [0.15, 0.2) is 0 Å². The van der Waals surface area contributed by atoms with E-state index in [0.717, 1.165) is 29.2 Å². The highest BCUT2D eigenvalue weighted by Crippen LogP contribution is 2.18. The summed E-state index contributed by atoms with van der Waals surface area (Å²) in [5, 5.41) is 7.24. The molecule has 0 aliphatic rings. The molecule has 0 spiro atoms. The summed E-state index contributed by atoms with van der Waals surface area (Å²) in [6.07, 6.45) is 3.30. The molecule has 0 unspecified atom stereocenters. The Labute approximate surface area is 148 Å². The third-order valence-electron chi connectivity index (χ3n) is 4.13. The second-order valence-corrected chi connectivity index (χ2v) is 5.85. The fraction of sp³-hybridized carbons (Fsp3) is 0.316. The summed E-state index contributed by atoms with van der Waals surface area (Å²) < 4.78 is 1.91. The van der Waals surface area contributed by atoms with Crippen LogP contribution in [-0.2, 0) is 16.1 Å². The third kappa shape index (κ3) is 4.35. The summed E-state index contributed by atoms with van der Waals surface area (Å²) in [4.78, 5) is 25.0. The van der Waals surface area contributed by atoms with Crippen molar-refractivity contribution in [1.29, 1.82) is 0 Å². The molecule has 0 radical (unpaired) electrons. The maximum atomic E-state index is 12.1. The maximum Gasteiger partial charge on any atom is 0.248 e. The minimum Gasteiger partial charge on any atom is -0.323 e. The van der Waals surface area contributed by atoms with Crippen LogP contribution in [0.2, 0.25) is 0 Å². The zero-order valence-electron chi connectivity index (χ0n) is 15.3. The molecule has 1 N–H and O–H groups in total. The van der Waals surface area contributed by atoms with Gasteiger partial charge in [0.2, 0.25) is 11.8 Å². The van der Waals surface area contributed by atoms with Crippen LogP contribution in [0.4, 0.5) is 11.4 Å². The molecule has 132 valence electrons. The number of hydrogen-bond acceptors (Lipinski definition) is 3. The third-order valence-corrected chi connectivity index (χ3v) is 4.13. The van der Waals surface area contributed by atoms with E-state index in [2.05, 4.69) is 10.4 Å². The molecule has 2 amide bonds. The van der Waals surface area contributed by atoms with Crippen LogP contribution in [-0.4, -0.2) is 28.6 Å². The lowest BCUT2D eigenvalue weighted by atomic mass is 10.2. The molecule has 1 aromatic carbocycles. The average Bonchev–Trinajstić information content (AvgIpc) is 2.86. The van der Waals surface area contributed by atoms with Crippen molar-refractivity contribution in [1.82, 2.24) is 9.78 Å². The Morgan fingerprint density at radius 1 is 1.24 bits per heavy atom. The van der Waals surface area contributed by atoms with E-state index in [1.54, 1.807) is 42.3 Å². The topological polar surface area (TPSA) is 67.2 Å². The number of aryl methyl sites for hydroxylation is 2. The van der Waals surface area contributed by atoms with Gasteiger partial charge in [-0.15, -0.1) is 0 Å². The lowest BCUT2D eigenvalue weighted by Gasteiger charge is -2.15. The molecule has 6 heteroatoms. The van der Waals surface area contributed by atoms with E-state index >= 15 is 0 Å². The van der Waals surface area contributed by atoms with Crippen molar-refractivity contribution >= 4 is 29.3 Å². The highest BCUT2D eigenvalue weighted by Gasteiger charge is 2.08. The second-order valence-electron chi connectivity index (χ2n) is 5.85. The van der Waals surface area contributed by atoms with Gasteiger partial charge in [-0.1, -0.05) is 0 Å². The number of nitrogens with one attached hydrogen (secondary N) is 1. The van der Waals surface area contributed by atoms with Crippen LogP contribution < -0.4 is 10.2 Å². The molecule has 2 aromatic rings. The molecule has 0 bridgehead atoms. The minimum absolute atomic E-state index is 0.0434. The van der Waals surface area contributed by atoms with Gasteiger partial charge < -0.3 is 10.2 Å². The van der Waals surface area contributed by atoms with Crippen LogP contribution in [0.3, 0.4) is 0 Å². The second kappa shape index (κ2) is 7.79. The van der Waals surface area contributed by atoms with Crippen LogP contribution in [0, 0.1) is 13.8 Å². The number of benzene rings is 1. The van der Waals surface area contributed by atoms with Crippen LogP contribution in [0.5, 0.6) is 0 Å². The van der Waals surface area contributed by atoms with Crippen molar-refractivity contribution in [2.45, 2.75) is 34.2 Å². The van der Waals surface area contributed by atoms with Crippen LogP contribution >= 0.6 is 0 Å². The zero-order valence-corrected chi connectivity index (χ0v) is 15.3. The Balaban J connectivity index is 2.05. The van der Waals surface area contributed by atoms with Crippen molar-refractivity contribution in [3.63, 3.8) is 0 Å². The summed E-state index contributed by atoms with van der Waals surface area (Å²) in [5.41, 5.74) is 4.36. The van der Waals surface area contributed by atoms with Crippen LogP contribution in [0.1, 0.15) is 30.8 Å². The number of hydrogen-bond donors (Lipinski definition) is 1. The predicted molar refractivity (Wildman–Crippen MR) is 101 cm³/mol. The largest absolute Gasteiger partial charge is 0.323 e. The van der Waals surface area contributed by atoms with E-state index in [-0.39, 0.29) is 11.8 Å². The van der Waals surface area contributed by atoms with Crippen LogP contribution in [0.25, 0.3) is 6.08 Å². The van der Waals surface area contributed by atoms with Crippen molar-refractivity contribution in [2.75, 3.05) is 17.3 Å². The number of carbonyl (C=O) groups excluding carboxylic acids is 2. The van der Waals surface area contributed by atoms with Crippen molar-refractivity contribution in [3.8, 4) is 0 Å². The molecule has 1 heterocycles. The molecular weight excluding hydrogens is 316 g/mol. The van der Waals surface area contributed by atoms with Gasteiger partial charge in [0, 0.05) is 49.2 Å². The Hall–Kier alpha value is -2.89. The van der Waals surface area contributed by atoms with E-state index in [1.807, 2.05) is 25.5 Å². The Morgan fingerprint density at radius 2 is 1.88 bits per heavy atom. The smallest absolute Gasteiger partial charge is 0.248 e. The van der Waals surface area contributed by atoms with E-state index < -0.39 is 0 Å².